The van der Waals surface area contributed by atoms with Crippen LogP contribution in [0.1, 0.15) is 5.56 Å². The molecule has 0 radical (unpaired) electrons. The molecular weight excluding hydrogens is 328 g/mol. The molecule has 0 unspecified atom stereocenters. The summed E-state index contributed by atoms with van der Waals surface area (Å²) in [6.07, 6.45) is 4.30. The standard InChI is InChI=1S/C25H24N2/c1-19-22(24-14-7-8-17-26(24)2)12-9-13-23(19)25-16-15-21(18-27(25)3)20-10-5-4-6-11-20/h4-18H,1-3H3/q+2. The predicted molar refractivity (Wildman–Crippen MR) is 110 cm³/mol. The maximum atomic E-state index is 2.22. The van der Waals surface area contributed by atoms with Crippen LogP contribution in [0.3, 0.4) is 0 Å². The van der Waals surface area contributed by atoms with Crippen LogP contribution in [-0.4, -0.2) is 0 Å². The Hall–Kier alpha value is -3.26. The van der Waals surface area contributed by atoms with Gasteiger partial charge in [-0.2, -0.15) is 0 Å². The maximum Gasteiger partial charge on any atom is 0.212 e. The molecule has 132 valence electrons. The van der Waals surface area contributed by atoms with Crippen LogP contribution in [0.15, 0.2) is 91.3 Å². The molecule has 0 atom stereocenters. The zero-order valence-corrected chi connectivity index (χ0v) is 16.1. The van der Waals surface area contributed by atoms with Gasteiger partial charge in [-0.1, -0.05) is 36.4 Å². The fourth-order valence-electron chi connectivity index (χ4n) is 3.68. The van der Waals surface area contributed by atoms with Crippen molar-refractivity contribution in [1.82, 2.24) is 0 Å². The summed E-state index contributed by atoms with van der Waals surface area (Å²) in [7, 11) is 4.21. The molecule has 27 heavy (non-hydrogen) atoms. The van der Waals surface area contributed by atoms with Crippen LogP contribution in [0.2, 0.25) is 0 Å². The van der Waals surface area contributed by atoms with E-state index in [0.29, 0.717) is 0 Å². The van der Waals surface area contributed by atoms with Gasteiger partial charge < -0.3 is 0 Å². The average Bonchev–Trinajstić information content (AvgIpc) is 2.70. The highest BCUT2D eigenvalue weighted by molar-refractivity contribution is 5.74. The molecule has 0 aliphatic heterocycles. The molecule has 2 heteroatoms. The first kappa shape index (κ1) is 17.2. The first-order valence-corrected chi connectivity index (χ1v) is 9.25. The first-order valence-electron chi connectivity index (χ1n) is 9.25. The molecule has 0 amide bonds. The Morgan fingerprint density at radius 2 is 1.22 bits per heavy atom. The molecule has 0 N–H and O–H groups in total. The van der Waals surface area contributed by atoms with Crippen molar-refractivity contribution in [1.29, 1.82) is 0 Å². The molecular formula is C25H24N2+2. The third-order valence-electron chi connectivity index (χ3n) is 5.18. The molecule has 0 aliphatic carbocycles. The van der Waals surface area contributed by atoms with E-state index in [0.717, 1.165) is 0 Å². The molecule has 0 saturated heterocycles. The van der Waals surface area contributed by atoms with E-state index in [-0.39, 0.29) is 0 Å². The summed E-state index contributed by atoms with van der Waals surface area (Å²) in [4.78, 5) is 0. The minimum absolute atomic E-state index is 1.22. The Morgan fingerprint density at radius 1 is 0.556 bits per heavy atom. The SMILES string of the molecule is Cc1c(-c2cccc[n+]2C)cccc1-c1ccc(-c2ccccc2)c[n+]1C. The number of nitrogens with zero attached hydrogens (tertiary/aromatic N) is 2. The van der Waals surface area contributed by atoms with Gasteiger partial charge in [-0.3, -0.25) is 0 Å². The predicted octanol–water partition coefficient (Wildman–Crippen LogP) is 4.65. The van der Waals surface area contributed by atoms with Crippen molar-refractivity contribution in [2.45, 2.75) is 6.92 Å². The second-order valence-electron chi connectivity index (χ2n) is 6.95. The van der Waals surface area contributed by atoms with Crippen molar-refractivity contribution in [3.05, 3.63) is 96.8 Å². The van der Waals surface area contributed by atoms with E-state index in [1.165, 1.54) is 39.2 Å². The maximum absolute atomic E-state index is 2.22. The number of benzene rings is 2. The summed E-state index contributed by atoms with van der Waals surface area (Å²) in [5.41, 5.74) is 8.73. The van der Waals surface area contributed by atoms with Crippen LogP contribution in [0.5, 0.6) is 0 Å². The number of aryl methyl sites for hydroxylation is 2. The van der Waals surface area contributed by atoms with E-state index in [1.807, 2.05) is 0 Å². The topological polar surface area (TPSA) is 7.76 Å². The molecule has 2 heterocycles. The third-order valence-corrected chi connectivity index (χ3v) is 5.18. The smallest absolute Gasteiger partial charge is 0.201 e. The molecule has 0 bridgehead atoms. The normalized spacial score (nSPS) is 10.8. The quantitative estimate of drug-likeness (QED) is 0.474. The highest BCUT2D eigenvalue weighted by atomic mass is 14.9. The molecule has 2 aromatic carbocycles. The first-order chi connectivity index (χ1) is 13.1. The van der Waals surface area contributed by atoms with E-state index in [9.17, 15) is 0 Å². The summed E-state index contributed by atoms with van der Waals surface area (Å²) in [6.45, 7) is 2.21. The molecule has 2 nitrogen and oxygen atoms in total. The van der Waals surface area contributed by atoms with Crippen LogP contribution in [0.25, 0.3) is 33.6 Å². The highest BCUT2D eigenvalue weighted by Gasteiger charge is 2.19. The number of aromatic nitrogens is 2. The van der Waals surface area contributed by atoms with Crippen LogP contribution in [0, 0.1) is 6.92 Å². The second-order valence-corrected chi connectivity index (χ2v) is 6.95. The van der Waals surface area contributed by atoms with Crippen molar-refractivity contribution in [3.8, 4) is 33.6 Å². The van der Waals surface area contributed by atoms with E-state index in [4.69, 9.17) is 0 Å². The summed E-state index contributed by atoms with van der Waals surface area (Å²) in [6, 6.07) is 27.8. The number of hydrogen-bond acceptors (Lipinski definition) is 0. The second kappa shape index (κ2) is 7.16. The van der Waals surface area contributed by atoms with Gasteiger partial charge in [0.15, 0.2) is 12.4 Å². The lowest BCUT2D eigenvalue weighted by molar-refractivity contribution is -0.660. The van der Waals surface area contributed by atoms with E-state index >= 15 is 0 Å². The average molecular weight is 352 g/mol. The largest absolute Gasteiger partial charge is 0.212 e. The molecule has 0 spiro atoms. The van der Waals surface area contributed by atoms with E-state index in [2.05, 4.69) is 121 Å². The molecule has 4 rings (SSSR count). The summed E-state index contributed by atoms with van der Waals surface area (Å²) >= 11 is 0. The van der Waals surface area contributed by atoms with Gasteiger partial charge in [-0.05, 0) is 42.3 Å². The van der Waals surface area contributed by atoms with Crippen LogP contribution >= 0.6 is 0 Å². The van der Waals surface area contributed by atoms with Gasteiger partial charge >= 0.3 is 0 Å². The van der Waals surface area contributed by atoms with Crippen LogP contribution in [0.4, 0.5) is 0 Å². The van der Waals surface area contributed by atoms with E-state index < -0.39 is 0 Å². The molecule has 2 aromatic heterocycles. The van der Waals surface area contributed by atoms with Crippen molar-refractivity contribution in [3.63, 3.8) is 0 Å². The fraction of sp³-hybridized carbons (Fsp3) is 0.120. The highest BCUT2D eigenvalue weighted by Crippen LogP contribution is 2.29. The van der Waals surface area contributed by atoms with Gasteiger partial charge in [0.2, 0.25) is 11.4 Å². The molecule has 0 fully saturated rings. The van der Waals surface area contributed by atoms with Crippen molar-refractivity contribution < 1.29 is 9.13 Å². The van der Waals surface area contributed by atoms with Crippen molar-refractivity contribution in [2.75, 3.05) is 0 Å². The minimum atomic E-state index is 1.22. The summed E-state index contributed by atoms with van der Waals surface area (Å²) in [5.74, 6) is 0. The van der Waals surface area contributed by atoms with E-state index in [1.54, 1.807) is 0 Å². The summed E-state index contributed by atoms with van der Waals surface area (Å²) < 4.78 is 4.39. The lowest BCUT2D eigenvalue weighted by atomic mass is 9.96. The monoisotopic (exact) mass is 352 g/mol. The fourth-order valence-corrected chi connectivity index (χ4v) is 3.68. The third kappa shape index (κ3) is 3.26. The lowest BCUT2D eigenvalue weighted by Crippen LogP contribution is -2.31. The Balaban J connectivity index is 1.81. The number of hydrogen-bond donors (Lipinski definition) is 0. The number of pyridine rings is 2. The van der Waals surface area contributed by atoms with Crippen molar-refractivity contribution in [2.24, 2.45) is 14.1 Å². The van der Waals surface area contributed by atoms with Crippen molar-refractivity contribution >= 4 is 0 Å². The summed E-state index contributed by atoms with van der Waals surface area (Å²) in [5, 5.41) is 0. The van der Waals surface area contributed by atoms with Gasteiger partial charge in [0.1, 0.15) is 14.1 Å². The van der Waals surface area contributed by atoms with Gasteiger partial charge in [-0.15, -0.1) is 0 Å². The number of rotatable bonds is 3. The zero-order chi connectivity index (χ0) is 18.8. The minimum Gasteiger partial charge on any atom is -0.201 e. The molecule has 0 aliphatic rings. The van der Waals surface area contributed by atoms with Crippen LogP contribution < -0.4 is 9.13 Å². The van der Waals surface area contributed by atoms with Crippen LogP contribution in [-0.2, 0) is 14.1 Å². The molecule has 4 aromatic rings. The Kier molecular flexibility index (Phi) is 4.55. The van der Waals surface area contributed by atoms with Gasteiger partial charge in [0, 0.05) is 34.9 Å². The zero-order valence-electron chi connectivity index (χ0n) is 16.1. The van der Waals surface area contributed by atoms with Gasteiger partial charge in [0.05, 0.1) is 0 Å². The molecule has 0 saturated carbocycles. The Bertz CT molecular complexity index is 1100. The Labute approximate surface area is 161 Å². The lowest BCUT2D eigenvalue weighted by Gasteiger charge is -2.10. The Morgan fingerprint density at radius 3 is 1.89 bits per heavy atom. The van der Waals surface area contributed by atoms with Gasteiger partial charge in [0.25, 0.3) is 0 Å². The van der Waals surface area contributed by atoms with Gasteiger partial charge in [-0.25, -0.2) is 9.13 Å².